The zero-order valence-corrected chi connectivity index (χ0v) is 17.3. The van der Waals surface area contributed by atoms with Gasteiger partial charge in [-0.05, 0) is 55.0 Å². The lowest BCUT2D eigenvalue weighted by atomic mass is 10.0. The molecule has 0 aliphatic carbocycles. The second-order valence-electron chi connectivity index (χ2n) is 6.79. The third-order valence-corrected chi connectivity index (χ3v) is 6.29. The Hall–Kier alpha value is -2.05. The molecule has 1 aromatic heterocycles. The van der Waals surface area contributed by atoms with E-state index in [1.807, 2.05) is 41.4 Å². The average Bonchev–Trinajstić information content (AvgIpc) is 3.17. The number of hydrogen-bond acceptors (Lipinski definition) is 5. The van der Waals surface area contributed by atoms with E-state index in [0.717, 1.165) is 18.5 Å². The largest absolute Gasteiger partial charge is 0.493 e. The van der Waals surface area contributed by atoms with Crippen molar-refractivity contribution in [3.05, 3.63) is 45.6 Å². The van der Waals surface area contributed by atoms with Crippen LogP contribution in [0.4, 0.5) is 0 Å². The van der Waals surface area contributed by atoms with Gasteiger partial charge in [0.15, 0.2) is 11.5 Å². The number of hydrogen-bond donors (Lipinski definition) is 0. The molecule has 1 aliphatic heterocycles. The molecule has 5 nitrogen and oxygen atoms in total. The molecule has 0 bridgehead atoms. The minimum Gasteiger partial charge on any atom is -0.493 e. The summed E-state index contributed by atoms with van der Waals surface area (Å²) < 4.78 is 10.7. The molecule has 1 amide bonds. The van der Waals surface area contributed by atoms with Crippen LogP contribution in [-0.4, -0.2) is 49.6 Å². The first-order chi connectivity index (χ1) is 13.1. The van der Waals surface area contributed by atoms with Gasteiger partial charge in [-0.3, -0.25) is 9.69 Å². The van der Waals surface area contributed by atoms with E-state index < -0.39 is 0 Å². The van der Waals surface area contributed by atoms with Gasteiger partial charge in [-0.15, -0.1) is 11.3 Å². The van der Waals surface area contributed by atoms with Crippen molar-refractivity contribution in [2.75, 3.05) is 33.9 Å². The predicted molar refractivity (Wildman–Crippen MR) is 109 cm³/mol. The van der Waals surface area contributed by atoms with Gasteiger partial charge in [-0.2, -0.15) is 0 Å². The molecule has 0 saturated carbocycles. The number of thiophene rings is 1. The summed E-state index contributed by atoms with van der Waals surface area (Å²) in [6, 6.07) is 8.30. The van der Waals surface area contributed by atoms with Crippen molar-refractivity contribution in [2.24, 2.45) is 0 Å². The summed E-state index contributed by atoms with van der Waals surface area (Å²) in [6.45, 7) is 6.87. The third kappa shape index (κ3) is 4.28. The van der Waals surface area contributed by atoms with Gasteiger partial charge in [0.1, 0.15) is 0 Å². The lowest BCUT2D eigenvalue weighted by Gasteiger charge is -2.34. The third-order valence-electron chi connectivity index (χ3n) is 5.30. The smallest absolute Gasteiger partial charge is 0.237 e. The molecule has 6 heteroatoms. The molecule has 0 saturated heterocycles. The number of nitrogens with zero attached hydrogens (tertiary/aromatic N) is 2. The quantitative estimate of drug-likeness (QED) is 0.725. The lowest BCUT2D eigenvalue weighted by molar-refractivity contribution is -0.133. The van der Waals surface area contributed by atoms with E-state index in [0.29, 0.717) is 37.2 Å². The van der Waals surface area contributed by atoms with Crippen LogP contribution in [0, 0.1) is 0 Å². The highest BCUT2D eigenvalue weighted by Gasteiger charge is 2.27. The number of fused-ring (bicyclic) bond motifs is 1. The number of amides is 1. The maximum Gasteiger partial charge on any atom is 0.237 e. The van der Waals surface area contributed by atoms with Crippen molar-refractivity contribution in [3.8, 4) is 11.5 Å². The van der Waals surface area contributed by atoms with Crippen molar-refractivity contribution in [1.82, 2.24) is 9.80 Å². The van der Waals surface area contributed by atoms with Crippen LogP contribution in [0.25, 0.3) is 0 Å². The molecular weight excluding hydrogens is 360 g/mol. The zero-order valence-electron chi connectivity index (χ0n) is 16.5. The van der Waals surface area contributed by atoms with E-state index in [4.69, 9.17) is 9.47 Å². The normalized spacial score (nSPS) is 16.7. The van der Waals surface area contributed by atoms with Gasteiger partial charge in [0.25, 0.3) is 0 Å². The number of benzene rings is 1. The predicted octanol–water partition coefficient (Wildman–Crippen LogP) is 3.73. The van der Waals surface area contributed by atoms with Crippen LogP contribution < -0.4 is 9.47 Å². The summed E-state index contributed by atoms with van der Waals surface area (Å²) in [5.74, 6) is 1.55. The van der Waals surface area contributed by atoms with Gasteiger partial charge in [0.2, 0.25) is 5.91 Å². The molecular formula is C21H28N2O3S. The number of methoxy groups -OCH3 is 2. The van der Waals surface area contributed by atoms with Crippen molar-refractivity contribution >= 4 is 17.2 Å². The lowest BCUT2D eigenvalue weighted by Crippen LogP contribution is -2.43. The Bertz CT molecular complexity index is 789. The fraction of sp³-hybridized carbons (Fsp3) is 0.476. The fourth-order valence-electron chi connectivity index (χ4n) is 3.63. The summed E-state index contributed by atoms with van der Waals surface area (Å²) >= 11 is 1.82. The summed E-state index contributed by atoms with van der Waals surface area (Å²) in [7, 11) is 3.25. The number of ether oxygens (including phenoxy) is 2. The minimum absolute atomic E-state index is 0.165. The first-order valence-corrected chi connectivity index (χ1v) is 10.2. The molecule has 0 unspecified atom stereocenters. The SMILES string of the molecule is CCN(Cc1ccc(OC)c(OC)c1)C(=O)CN1CCc2sccc2[C@@H]1C. The van der Waals surface area contributed by atoms with Crippen LogP contribution in [0.5, 0.6) is 11.5 Å². The van der Waals surface area contributed by atoms with Gasteiger partial charge in [-0.25, -0.2) is 0 Å². The van der Waals surface area contributed by atoms with Crippen LogP contribution >= 0.6 is 11.3 Å². The van der Waals surface area contributed by atoms with E-state index in [1.165, 1.54) is 10.4 Å². The molecule has 0 fully saturated rings. The highest BCUT2D eigenvalue weighted by Crippen LogP contribution is 2.33. The standard InChI is InChI=1S/C21H28N2O3S/c1-5-22(13-16-6-7-18(25-3)19(12-16)26-4)21(24)14-23-10-8-20-17(15(23)2)9-11-27-20/h6-7,9,11-12,15H,5,8,10,13-14H2,1-4H3/t15-/m0/s1. The van der Waals surface area contributed by atoms with Crippen molar-refractivity contribution in [3.63, 3.8) is 0 Å². The van der Waals surface area contributed by atoms with Gasteiger partial charge >= 0.3 is 0 Å². The molecule has 1 aliphatic rings. The highest BCUT2D eigenvalue weighted by molar-refractivity contribution is 7.10. The second kappa shape index (κ2) is 8.76. The van der Waals surface area contributed by atoms with E-state index in [2.05, 4.69) is 23.3 Å². The molecule has 0 N–H and O–H groups in total. The van der Waals surface area contributed by atoms with E-state index in [9.17, 15) is 4.79 Å². The van der Waals surface area contributed by atoms with Gasteiger partial charge in [0.05, 0.1) is 20.8 Å². The Morgan fingerprint density at radius 1 is 1.26 bits per heavy atom. The topological polar surface area (TPSA) is 42.0 Å². The Morgan fingerprint density at radius 2 is 2.04 bits per heavy atom. The van der Waals surface area contributed by atoms with Crippen LogP contribution in [0.3, 0.4) is 0 Å². The number of rotatable bonds is 7. The zero-order chi connectivity index (χ0) is 19.4. The van der Waals surface area contributed by atoms with Gasteiger partial charge in [-0.1, -0.05) is 6.07 Å². The molecule has 0 spiro atoms. The average molecular weight is 389 g/mol. The van der Waals surface area contributed by atoms with Gasteiger partial charge < -0.3 is 14.4 Å². The van der Waals surface area contributed by atoms with Crippen LogP contribution in [0.1, 0.15) is 35.9 Å². The summed E-state index contributed by atoms with van der Waals surface area (Å²) in [6.07, 6.45) is 1.03. The number of carbonyl (C=O) groups is 1. The summed E-state index contributed by atoms with van der Waals surface area (Å²) in [4.78, 5) is 18.6. The van der Waals surface area contributed by atoms with Crippen LogP contribution in [0.2, 0.25) is 0 Å². The monoisotopic (exact) mass is 388 g/mol. The Kier molecular flexibility index (Phi) is 6.39. The molecule has 146 valence electrons. The Balaban J connectivity index is 1.66. The van der Waals surface area contributed by atoms with Crippen molar-refractivity contribution in [2.45, 2.75) is 32.9 Å². The molecule has 27 heavy (non-hydrogen) atoms. The second-order valence-corrected chi connectivity index (χ2v) is 7.79. The maximum absolute atomic E-state index is 13.0. The number of carbonyl (C=O) groups excluding carboxylic acids is 1. The molecule has 0 radical (unpaired) electrons. The van der Waals surface area contributed by atoms with E-state index >= 15 is 0 Å². The van der Waals surface area contributed by atoms with Crippen LogP contribution in [0.15, 0.2) is 29.6 Å². The first kappa shape index (κ1) is 19.7. The maximum atomic E-state index is 13.0. The molecule has 1 atom stereocenters. The Morgan fingerprint density at radius 3 is 2.74 bits per heavy atom. The van der Waals surface area contributed by atoms with E-state index in [1.54, 1.807) is 14.2 Å². The fourth-order valence-corrected chi connectivity index (χ4v) is 4.59. The number of likely N-dealkylation sites (N-methyl/N-ethyl adjacent to an activating group) is 1. The van der Waals surface area contributed by atoms with E-state index in [-0.39, 0.29) is 5.91 Å². The molecule has 2 aromatic rings. The molecule has 3 rings (SSSR count). The Labute approximate surface area is 165 Å². The summed E-state index contributed by atoms with van der Waals surface area (Å²) in [5.41, 5.74) is 2.41. The molecule has 1 aromatic carbocycles. The van der Waals surface area contributed by atoms with Crippen LogP contribution in [-0.2, 0) is 17.8 Å². The van der Waals surface area contributed by atoms with Crippen molar-refractivity contribution in [1.29, 1.82) is 0 Å². The highest BCUT2D eigenvalue weighted by atomic mass is 32.1. The summed E-state index contributed by atoms with van der Waals surface area (Å²) in [5, 5.41) is 2.15. The minimum atomic E-state index is 0.165. The first-order valence-electron chi connectivity index (χ1n) is 9.36. The van der Waals surface area contributed by atoms with Crippen molar-refractivity contribution < 1.29 is 14.3 Å². The molecule has 2 heterocycles. The van der Waals surface area contributed by atoms with Gasteiger partial charge in [0, 0.05) is 30.6 Å².